The van der Waals surface area contributed by atoms with Gasteiger partial charge in [-0.15, -0.1) is 0 Å². The van der Waals surface area contributed by atoms with Gasteiger partial charge in [0.2, 0.25) is 0 Å². The quantitative estimate of drug-likeness (QED) is 0.171. The number of imide groups is 1. The van der Waals surface area contributed by atoms with Gasteiger partial charge in [0.05, 0.1) is 33.5 Å². The van der Waals surface area contributed by atoms with E-state index >= 15 is 0 Å². The maximum absolute atomic E-state index is 14.8. The number of rotatable bonds is 5. The zero-order chi connectivity index (χ0) is 35.7. The van der Waals surface area contributed by atoms with E-state index < -0.39 is 0 Å². The van der Waals surface area contributed by atoms with Gasteiger partial charge in [-0.2, -0.15) is 0 Å². The molecule has 0 unspecified atom stereocenters. The molecular formula is C48H36N2O2. The monoisotopic (exact) mass is 672 g/mol. The normalized spacial score (nSPS) is 12.7. The van der Waals surface area contributed by atoms with Gasteiger partial charge in [-0.3, -0.25) is 9.59 Å². The van der Waals surface area contributed by atoms with Gasteiger partial charge in [0.15, 0.2) is 0 Å². The third kappa shape index (κ3) is 4.83. The smallest absolute Gasteiger partial charge is 0.268 e. The lowest BCUT2D eigenvalue weighted by Gasteiger charge is -2.18. The Kier molecular flexibility index (Phi) is 7.30. The Balaban J connectivity index is 1.35. The third-order valence-corrected chi connectivity index (χ3v) is 10.5. The lowest BCUT2D eigenvalue weighted by Crippen LogP contribution is -2.29. The average Bonchev–Trinajstić information content (AvgIpc) is 3.63. The number of hydrogen-bond acceptors (Lipinski definition) is 2. The Morgan fingerprint density at radius 2 is 0.962 bits per heavy atom. The highest BCUT2D eigenvalue weighted by Gasteiger charge is 2.40. The standard InChI is InChI=1S/C48H36N2O2/c1-29-22-24-36(31(3)26-29)38-16-9-18-40-41-19-10-17-39(37-25-23-30(2)27-32(37)4)46(41)50(45(38)40)43-21-11-20-42-44(43)48(52)49(47(42)51)35-15-8-14-34(28-35)33-12-6-5-7-13-33/h5-28H,1-4H3. The molecule has 52 heavy (non-hydrogen) atoms. The van der Waals surface area contributed by atoms with Crippen molar-refractivity contribution < 1.29 is 9.59 Å². The molecule has 1 aliphatic rings. The molecule has 8 aromatic rings. The molecule has 4 nitrogen and oxygen atoms in total. The SMILES string of the molecule is Cc1ccc(-c2cccc3c4cccc(-c5ccc(C)cc5C)c4n(-c4cccc5c4C(=O)N(c4cccc(-c6ccccc6)c4)C5=O)c23)c(C)c1. The zero-order valence-electron chi connectivity index (χ0n) is 29.6. The number of carbonyl (C=O) groups excluding carboxylic acids is 2. The number of benzene rings is 7. The van der Waals surface area contributed by atoms with Crippen LogP contribution < -0.4 is 4.90 Å². The summed E-state index contributed by atoms with van der Waals surface area (Å²) in [4.78, 5) is 30.5. The average molecular weight is 673 g/mol. The van der Waals surface area contributed by atoms with Crippen molar-refractivity contribution in [2.24, 2.45) is 0 Å². The molecule has 0 fully saturated rings. The second kappa shape index (κ2) is 12.1. The summed E-state index contributed by atoms with van der Waals surface area (Å²) in [5.74, 6) is -0.652. The summed E-state index contributed by atoms with van der Waals surface area (Å²) in [5, 5.41) is 2.17. The van der Waals surface area contributed by atoms with Crippen molar-refractivity contribution in [3.05, 3.63) is 179 Å². The maximum Gasteiger partial charge on any atom is 0.268 e. The molecular weight excluding hydrogens is 637 g/mol. The minimum Gasteiger partial charge on any atom is -0.307 e. The van der Waals surface area contributed by atoms with Crippen molar-refractivity contribution in [1.82, 2.24) is 4.57 Å². The molecule has 1 aromatic heterocycles. The molecule has 0 saturated heterocycles. The van der Waals surface area contributed by atoms with Gasteiger partial charge in [0.25, 0.3) is 11.8 Å². The van der Waals surface area contributed by atoms with Crippen molar-refractivity contribution in [3.63, 3.8) is 0 Å². The van der Waals surface area contributed by atoms with Crippen LogP contribution in [0.15, 0.2) is 146 Å². The fourth-order valence-corrected chi connectivity index (χ4v) is 8.17. The number of amides is 2. The molecule has 0 aliphatic carbocycles. The summed E-state index contributed by atoms with van der Waals surface area (Å²) < 4.78 is 2.25. The van der Waals surface area contributed by atoms with Crippen molar-refractivity contribution in [1.29, 1.82) is 0 Å². The molecule has 250 valence electrons. The van der Waals surface area contributed by atoms with E-state index in [2.05, 4.69) is 105 Å². The van der Waals surface area contributed by atoms with E-state index in [0.29, 0.717) is 22.5 Å². The Hall–Kier alpha value is -6.52. The molecule has 0 spiro atoms. The van der Waals surface area contributed by atoms with Gasteiger partial charge in [0, 0.05) is 21.9 Å². The number of aryl methyl sites for hydroxylation is 4. The van der Waals surface area contributed by atoms with Gasteiger partial charge < -0.3 is 4.57 Å². The predicted molar refractivity (Wildman–Crippen MR) is 214 cm³/mol. The third-order valence-electron chi connectivity index (χ3n) is 10.5. The summed E-state index contributed by atoms with van der Waals surface area (Å²) in [5.41, 5.74) is 15.1. The van der Waals surface area contributed by atoms with E-state index in [1.807, 2.05) is 66.7 Å². The van der Waals surface area contributed by atoms with Crippen molar-refractivity contribution in [3.8, 4) is 39.1 Å². The second-order valence-corrected chi connectivity index (χ2v) is 13.9. The van der Waals surface area contributed by atoms with E-state index in [4.69, 9.17) is 0 Å². The molecule has 0 bridgehead atoms. The number of carbonyl (C=O) groups is 2. The van der Waals surface area contributed by atoms with E-state index in [9.17, 15) is 9.59 Å². The molecule has 0 atom stereocenters. The van der Waals surface area contributed by atoms with Crippen LogP contribution in [0.1, 0.15) is 43.0 Å². The van der Waals surface area contributed by atoms with Gasteiger partial charge in [-0.1, -0.05) is 132 Å². The summed E-state index contributed by atoms with van der Waals surface area (Å²) in [6.45, 7) is 8.53. The van der Waals surface area contributed by atoms with E-state index in [1.54, 1.807) is 6.07 Å². The number of nitrogens with zero attached hydrogens (tertiary/aromatic N) is 2. The number of para-hydroxylation sites is 2. The zero-order valence-corrected chi connectivity index (χ0v) is 29.6. The van der Waals surface area contributed by atoms with Crippen LogP contribution in [0.4, 0.5) is 5.69 Å². The van der Waals surface area contributed by atoms with E-state index in [0.717, 1.165) is 55.2 Å². The minimum absolute atomic E-state index is 0.322. The first kappa shape index (κ1) is 31.5. The van der Waals surface area contributed by atoms with Crippen LogP contribution in [0.25, 0.3) is 60.9 Å². The molecule has 0 radical (unpaired) electrons. The highest BCUT2D eigenvalue weighted by Crippen LogP contribution is 2.45. The summed E-state index contributed by atoms with van der Waals surface area (Å²) in [6.07, 6.45) is 0. The lowest BCUT2D eigenvalue weighted by molar-refractivity contribution is 0.0926. The first-order valence-corrected chi connectivity index (χ1v) is 17.7. The molecule has 4 heteroatoms. The number of fused-ring (bicyclic) bond motifs is 4. The Morgan fingerprint density at radius 3 is 1.56 bits per heavy atom. The van der Waals surface area contributed by atoms with Crippen molar-refractivity contribution in [2.75, 3.05) is 4.90 Å². The van der Waals surface area contributed by atoms with Gasteiger partial charge >= 0.3 is 0 Å². The van der Waals surface area contributed by atoms with Crippen LogP contribution in [-0.2, 0) is 0 Å². The van der Waals surface area contributed by atoms with E-state index in [-0.39, 0.29) is 11.8 Å². The van der Waals surface area contributed by atoms with E-state index in [1.165, 1.54) is 27.2 Å². The van der Waals surface area contributed by atoms with Crippen molar-refractivity contribution >= 4 is 39.3 Å². The summed E-state index contributed by atoms with van der Waals surface area (Å²) in [7, 11) is 0. The molecule has 0 N–H and O–H groups in total. The predicted octanol–water partition coefficient (Wildman–Crippen LogP) is 11.8. The molecule has 7 aromatic carbocycles. The number of anilines is 1. The number of hydrogen-bond donors (Lipinski definition) is 0. The van der Waals surface area contributed by atoms with Crippen molar-refractivity contribution in [2.45, 2.75) is 27.7 Å². The Labute approximate surface area is 303 Å². The first-order valence-electron chi connectivity index (χ1n) is 17.7. The summed E-state index contributed by atoms with van der Waals surface area (Å²) in [6, 6.07) is 49.4. The second-order valence-electron chi connectivity index (χ2n) is 13.9. The maximum atomic E-state index is 14.8. The molecule has 2 heterocycles. The molecule has 0 saturated carbocycles. The molecule has 2 amide bonds. The van der Waals surface area contributed by atoms with Gasteiger partial charge in [-0.05, 0) is 85.3 Å². The Bertz CT molecular complexity index is 2660. The topological polar surface area (TPSA) is 42.3 Å². The minimum atomic E-state index is -0.330. The van der Waals surface area contributed by atoms with Crippen LogP contribution in [-0.4, -0.2) is 16.4 Å². The lowest BCUT2D eigenvalue weighted by atomic mass is 9.95. The highest BCUT2D eigenvalue weighted by molar-refractivity contribution is 6.36. The van der Waals surface area contributed by atoms with Crippen LogP contribution >= 0.6 is 0 Å². The van der Waals surface area contributed by atoms with Crippen LogP contribution in [0.5, 0.6) is 0 Å². The largest absolute Gasteiger partial charge is 0.307 e. The molecule has 9 rings (SSSR count). The fraction of sp³-hybridized carbons (Fsp3) is 0.0833. The van der Waals surface area contributed by atoms with Gasteiger partial charge in [-0.25, -0.2) is 4.90 Å². The Morgan fingerprint density at radius 1 is 0.423 bits per heavy atom. The summed E-state index contributed by atoms with van der Waals surface area (Å²) >= 11 is 0. The highest BCUT2D eigenvalue weighted by atomic mass is 16.2. The number of aromatic nitrogens is 1. The first-order chi connectivity index (χ1) is 25.3. The molecule has 1 aliphatic heterocycles. The van der Waals surface area contributed by atoms with Crippen LogP contribution in [0.3, 0.4) is 0 Å². The van der Waals surface area contributed by atoms with Gasteiger partial charge in [0.1, 0.15) is 0 Å². The van der Waals surface area contributed by atoms with Crippen LogP contribution in [0, 0.1) is 27.7 Å². The fourth-order valence-electron chi connectivity index (χ4n) is 8.17. The van der Waals surface area contributed by atoms with Crippen LogP contribution in [0.2, 0.25) is 0 Å².